The normalized spacial score (nSPS) is 36.4. The van der Waals surface area contributed by atoms with Gasteiger partial charge in [-0.3, -0.25) is 0 Å². The van der Waals surface area contributed by atoms with Crippen LogP contribution in [0.1, 0.15) is 60.3 Å². The highest BCUT2D eigenvalue weighted by atomic mass is 16.6. The fraction of sp³-hybridized carbons (Fsp3) is 0.833. The Kier molecular flexibility index (Phi) is 7.57. The van der Waals surface area contributed by atoms with E-state index >= 15 is 0 Å². The fourth-order valence-corrected chi connectivity index (χ4v) is 5.21. The molecule has 1 saturated carbocycles. The van der Waals surface area contributed by atoms with E-state index in [1.54, 1.807) is 7.11 Å². The summed E-state index contributed by atoms with van der Waals surface area (Å²) < 4.78 is 28.7. The van der Waals surface area contributed by atoms with E-state index in [-0.39, 0.29) is 29.6 Å². The molecule has 8 heteroatoms. The third-order valence-corrected chi connectivity index (χ3v) is 6.98. The Morgan fingerprint density at radius 1 is 1.25 bits per heavy atom. The van der Waals surface area contributed by atoms with Crippen LogP contribution in [0, 0.1) is 11.8 Å². The molecule has 2 saturated heterocycles. The number of epoxide rings is 2. The van der Waals surface area contributed by atoms with Crippen LogP contribution in [0.5, 0.6) is 0 Å². The zero-order valence-electron chi connectivity index (χ0n) is 20.4. The first kappa shape index (κ1) is 25.0. The lowest BCUT2D eigenvalue weighted by atomic mass is 9.68. The number of hydrogen-bond donors (Lipinski definition) is 1. The number of methoxy groups -OCH3 is 2. The van der Waals surface area contributed by atoms with Crippen molar-refractivity contribution >= 4 is 12.1 Å². The Morgan fingerprint density at radius 3 is 2.47 bits per heavy atom. The Labute approximate surface area is 191 Å². The summed E-state index contributed by atoms with van der Waals surface area (Å²) in [4.78, 5) is 24.8. The van der Waals surface area contributed by atoms with E-state index in [1.165, 1.54) is 12.7 Å². The molecule has 7 atom stereocenters. The molecule has 1 amide bonds. The van der Waals surface area contributed by atoms with Crippen molar-refractivity contribution in [2.45, 2.75) is 95.9 Å². The second kappa shape index (κ2) is 9.69. The van der Waals surface area contributed by atoms with Gasteiger partial charge in [0.2, 0.25) is 0 Å². The van der Waals surface area contributed by atoms with Crippen LogP contribution in [0.25, 0.3) is 0 Å². The van der Waals surface area contributed by atoms with E-state index in [0.29, 0.717) is 19.4 Å². The highest BCUT2D eigenvalue weighted by Gasteiger charge is 2.72. The van der Waals surface area contributed by atoms with Crippen molar-refractivity contribution in [3.63, 3.8) is 0 Å². The average Bonchev–Trinajstić information content (AvgIpc) is 3.63. The van der Waals surface area contributed by atoms with Gasteiger partial charge in [0.1, 0.15) is 29.5 Å². The van der Waals surface area contributed by atoms with Crippen LogP contribution in [0.2, 0.25) is 0 Å². The lowest BCUT2D eigenvalue weighted by Gasteiger charge is -2.42. The van der Waals surface area contributed by atoms with Crippen molar-refractivity contribution in [2.24, 2.45) is 11.8 Å². The number of allylic oxidation sites excluding steroid dienone is 1. The maximum Gasteiger partial charge on any atom is 0.408 e. The fourth-order valence-electron chi connectivity index (χ4n) is 5.21. The number of ether oxygens (including phenoxy) is 5. The molecule has 1 spiro atoms. The van der Waals surface area contributed by atoms with Crippen molar-refractivity contribution in [1.82, 2.24) is 5.32 Å². The molecule has 0 radical (unpaired) electrons. The van der Waals surface area contributed by atoms with Crippen molar-refractivity contribution in [2.75, 3.05) is 20.8 Å². The van der Waals surface area contributed by atoms with Crippen LogP contribution in [-0.4, -0.2) is 68.4 Å². The first-order valence-electron chi connectivity index (χ1n) is 11.6. The molecule has 1 N–H and O–H groups in total. The number of alkyl carbamates (subject to hydrolysis) is 1. The molecule has 3 rings (SSSR count). The smallest absolute Gasteiger partial charge is 0.408 e. The summed E-state index contributed by atoms with van der Waals surface area (Å²) in [7, 11) is 2.95. The molecule has 3 fully saturated rings. The molecule has 0 aromatic rings. The minimum Gasteiger partial charge on any atom is -0.467 e. The molecule has 0 aromatic carbocycles. The van der Waals surface area contributed by atoms with Gasteiger partial charge >= 0.3 is 12.1 Å². The number of amides is 1. The number of esters is 1. The molecule has 32 heavy (non-hydrogen) atoms. The Bertz CT molecular complexity index is 728. The second-order valence-corrected chi connectivity index (χ2v) is 10.2. The van der Waals surface area contributed by atoms with E-state index in [9.17, 15) is 9.59 Å². The van der Waals surface area contributed by atoms with Gasteiger partial charge in [-0.25, -0.2) is 9.59 Å². The number of rotatable bonds is 9. The van der Waals surface area contributed by atoms with E-state index in [2.05, 4.69) is 32.2 Å². The van der Waals surface area contributed by atoms with Gasteiger partial charge in [0.05, 0.1) is 25.7 Å². The maximum absolute atomic E-state index is 12.7. The lowest BCUT2D eigenvalue weighted by Crippen LogP contribution is -2.56. The first-order valence-corrected chi connectivity index (χ1v) is 11.6. The molecule has 0 aromatic heterocycles. The zero-order valence-corrected chi connectivity index (χ0v) is 20.4. The van der Waals surface area contributed by atoms with E-state index < -0.39 is 29.8 Å². The topological polar surface area (TPSA) is 98.9 Å². The predicted molar refractivity (Wildman–Crippen MR) is 118 cm³/mol. The SMILES string of the molecule is COC(=O)C(CC(C)C)NC(=O)O[C@@H]1CCC2(CO2)[C@@H]([C@@]2(C)O[C@@H]2CC=C(C)C)[C@@H]1OC. The molecule has 0 bridgehead atoms. The quantitative estimate of drug-likeness (QED) is 0.325. The molecule has 3 aliphatic rings. The molecule has 2 aliphatic heterocycles. The molecule has 182 valence electrons. The predicted octanol–water partition coefficient (Wildman–Crippen LogP) is 3.38. The maximum atomic E-state index is 12.7. The zero-order chi connectivity index (χ0) is 23.7. The van der Waals surface area contributed by atoms with Crippen LogP contribution in [-0.2, 0) is 28.5 Å². The molecular formula is C24H39NO7. The first-order chi connectivity index (χ1) is 15.1. The lowest BCUT2D eigenvalue weighted by molar-refractivity contribution is -0.143. The van der Waals surface area contributed by atoms with Gasteiger partial charge < -0.3 is 29.0 Å². The van der Waals surface area contributed by atoms with Crippen LogP contribution >= 0.6 is 0 Å². The third-order valence-electron chi connectivity index (χ3n) is 6.98. The largest absolute Gasteiger partial charge is 0.467 e. The van der Waals surface area contributed by atoms with Crippen molar-refractivity contribution in [3.05, 3.63) is 11.6 Å². The Morgan fingerprint density at radius 2 is 1.94 bits per heavy atom. The van der Waals surface area contributed by atoms with Gasteiger partial charge in [-0.05, 0) is 52.4 Å². The number of nitrogens with one attached hydrogen (secondary N) is 1. The molecule has 8 nitrogen and oxygen atoms in total. The summed E-state index contributed by atoms with van der Waals surface area (Å²) in [5.74, 6) is -0.317. The summed E-state index contributed by atoms with van der Waals surface area (Å²) in [6.45, 7) is 10.9. The van der Waals surface area contributed by atoms with Crippen LogP contribution in [0.4, 0.5) is 4.79 Å². The molecular weight excluding hydrogens is 414 g/mol. The number of hydrogen-bond acceptors (Lipinski definition) is 7. The van der Waals surface area contributed by atoms with E-state index in [4.69, 9.17) is 23.7 Å². The van der Waals surface area contributed by atoms with Crippen LogP contribution in [0.15, 0.2) is 11.6 Å². The van der Waals surface area contributed by atoms with Crippen molar-refractivity contribution < 1.29 is 33.3 Å². The van der Waals surface area contributed by atoms with Gasteiger partial charge in [-0.2, -0.15) is 0 Å². The highest BCUT2D eigenvalue weighted by molar-refractivity contribution is 5.81. The van der Waals surface area contributed by atoms with E-state index in [0.717, 1.165) is 12.8 Å². The summed E-state index contributed by atoms with van der Waals surface area (Å²) in [5, 5.41) is 2.68. The third kappa shape index (κ3) is 5.29. The minimum absolute atomic E-state index is 0.0471. The highest BCUT2D eigenvalue weighted by Crippen LogP contribution is 2.59. The summed E-state index contributed by atoms with van der Waals surface area (Å²) in [6, 6.07) is -0.747. The standard InChI is InChI=1S/C24H39NO7/c1-14(2)8-9-18-23(5,32-18)20-19(28-6)17(10-11-24(20)13-30-24)31-22(27)25-16(12-15(3)4)21(26)29-7/h8,15-20H,9-13H2,1-7H3,(H,25,27)/t16?,17-,18-,19-,20-,23+,24?/m1/s1. The van der Waals surface area contributed by atoms with Gasteiger partial charge in [-0.15, -0.1) is 0 Å². The van der Waals surface area contributed by atoms with Crippen molar-refractivity contribution in [1.29, 1.82) is 0 Å². The van der Waals surface area contributed by atoms with E-state index in [1.807, 2.05) is 13.8 Å². The number of carbonyl (C=O) groups excluding carboxylic acids is 2. The van der Waals surface area contributed by atoms with Gasteiger partial charge in [0.15, 0.2) is 0 Å². The second-order valence-electron chi connectivity index (χ2n) is 10.2. The van der Waals surface area contributed by atoms with Crippen LogP contribution < -0.4 is 5.32 Å². The van der Waals surface area contributed by atoms with Gasteiger partial charge in [0.25, 0.3) is 0 Å². The minimum atomic E-state index is -0.747. The monoisotopic (exact) mass is 453 g/mol. The summed E-state index contributed by atoms with van der Waals surface area (Å²) in [6.07, 6.45) is 3.53. The average molecular weight is 454 g/mol. The summed E-state index contributed by atoms with van der Waals surface area (Å²) in [5.41, 5.74) is 0.581. The molecule has 2 unspecified atom stereocenters. The Balaban J connectivity index is 1.69. The molecule has 1 aliphatic carbocycles. The van der Waals surface area contributed by atoms with Crippen LogP contribution in [0.3, 0.4) is 0 Å². The van der Waals surface area contributed by atoms with Gasteiger partial charge in [-0.1, -0.05) is 25.5 Å². The molecule has 2 heterocycles. The number of carbonyl (C=O) groups is 2. The van der Waals surface area contributed by atoms with Gasteiger partial charge in [0, 0.05) is 7.11 Å². The van der Waals surface area contributed by atoms with Crippen molar-refractivity contribution in [3.8, 4) is 0 Å². The summed E-state index contributed by atoms with van der Waals surface area (Å²) >= 11 is 0. The Hall–Kier alpha value is -1.64.